The van der Waals surface area contributed by atoms with Crippen LogP contribution in [0.25, 0.3) is 10.8 Å². The summed E-state index contributed by atoms with van der Waals surface area (Å²) >= 11 is 0. The molecule has 1 unspecified atom stereocenters. The van der Waals surface area contributed by atoms with Gasteiger partial charge in [0.1, 0.15) is 6.54 Å². The van der Waals surface area contributed by atoms with E-state index in [2.05, 4.69) is 20.8 Å². The van der Waals surface area contributed by atoms with Crippen molar-refractivity contribution in [2.24, 2.45) is 5.92 Å². The fourth-order valence-electron chi connectivity index (χ4n) is 3.16. The first-order valence-corrected chi connectivity index (χ1v) is 8.71. The molecule has 3 amide bonds. The molecule has 30 heavy (non-hydrogen) atoms. The second-order valence-corrected chi connectivity index (χ2v) is 6.69. The monoisotopic (exact) mass is 427 g/mol. The van der Waals surface area contributed by atoms with Crippen molar-refractivity contribution < 1.29 is 27.6 Å². The quantitative estimate of drug-likeness (QED) is 0.517. The van der Waals surface area contributed by atoms with Gasteiger partial charge in [-0.3, -0.25) is 34.2 Å². The highest BCUT2D eigenvalue weighted by Gasteiger charge is 2.40. The van der Waals surface area contributed by atoms with Gasteiger partial charge >= 0.3 is 6.18 Å². The number of halogens is 3. The minimum atomic E-state index is -4.57. The molecule has 1 aliphatic rings. The maximum atomic E-state index is 12.4. The van der Waals surface area contributed by atoms with Crippen molar-refractivity contribution in [2.75, 3.05) is 25.0 Å². The van der Waals surface area contributed by atoms with Gasteiger partial charge in [0.15, 0.2) is 0 Å². The van der Waals surface area contributed by atoms with Crippen LogP contribution in [0.15, 0.2) is 27.8 Å². The van der Waals surface area contributed by atoms with Crippen molar-refractivity contribution in [3.8, 4) is 0 Å². The number of hydrogen-bond acceptors (Lipinski definition) is 5. The normalized spacial score (nSPS) is 16.7. The molecule has 1 atom stereocenters. The number of anilines is 1. The zero-order valence-electron chi connectivity index (χ0n) is 15.3. The Morgan fingerprint density at radius 1 is 1.13 bits per heavy atom. The highest BCUT2D eigenvalue weighted by Crippen LogP contribution is 2.24. The molecule has 0 spiro atoms. The molecule has 2 aromatic rings. The second kappa shape index (κ2) is 8.00. The van der Waals surface area contributed by atoms with Crippen molar-refractivity contribution in [1.82, 2.24) is 20.4 Å². The average Bonchev–Trinajstić information content (AvgIpc) is 3.02. The van der Waals surface area contributed by atoms with Crippen LogP contribution < -0.4 is 21.8 Å². The molecule has 1 aromatic carbocycles. The first-order chi connectivity index (χ1) is 14.0. The van der Waals surface area contributed by atoms with Gasteiger partial charge in [-0.05, 0) is 12.1 Å². The van der Waals surface area contributed by atoms with E-state index in [-0.39, 0.29) is 22.9 Å². The van der Waals surface area contributed by atoms with Gasteiger partial charge in [0, 0.05) is 13.0 Å². The number of fused-ring (bicyclic) bond motifs is 1. The van der Waals surface area contributed by atoms with E-state index in [1.54, 1.807) is 0 Å². The first-order valence-electron chi connectivity index (χ1n) is 8.71. The Bertz CT molecular complexity index is 1120. The Kier molecular flexibility index (Phi) is 5.62. The maximum absolute atomic E-state index is 12.4. The summed E-state index contributed by atoms with van der Waals surface area (Å²) in [7, 11) is 0. The lowest BCUT2D eigenvalue weighted by Gasteiger charge is -2.18. The van der Waals surface area contributed by atoms with Crippen LogP contribution in [-0.2, 0) is 14.4 Å². The summed E-state index contributed by atoms with van der Waals surface area (Å²) in [5, 5.41) is 8.94. The molecular formula is C17H16F3N5O5. The third-order valence-corrected chi connectivity index (χ3v) is 4.48. The number of rotatable bonds is 5. The third kappa shape index (κ3) is 4.67. The summed E-state index contributed by atoms with van der Waals surface area (Å²) in [6.45, 7) is -2.38. The predicted molar refractivity (Wildman–Crippen MR) is 97.6 cm³/mol. The van der Waals surface area contributed by atoms with Crippen molar-refractivity contribution in [2.45, 2.75) is 12.6 Å². The average molecular weight is 427 g/mol. The number of benzene rings is 1. The molecule has 2 heterocycles. The Morgan fingerprint density at radius 3 is 2.53 bits per heavy atom. The standard InChI is InChI=1S/C17H16F3N5O5/c18-17(19,20)7-25-6-8(4-12(25)27)14(28)21-5-11(26)22-10-3-1-2-9-13(10)16(30)24-23-15(9)29/h1-3,8H,4-7H2,(H,21,28)(H,22,26)(H,23,29)(H,24,30). The lowest BCUT2D eigenvalue weighted by atomic mass is 10.1. The van der Waals surface area contributed by atoms with Crippen LogP contribution in [0.3, 0.4) is 0 Å². The molecule has 1 aromatic heterocycles. The summed E-state index contributed by atoms with van der Waals surface area (Å²) in [6.07, 6.45) is -4.95. The summed E-state index contributed by atoms with van der Waals surface area (Å²) in [5.74, 6) is -3.27. The number of H-pyrrole nitrogens is 2. The Balaban J connectivity index is 1.61. The van der Waals surface area contributed by atoms with Crippen molar-refractivity contribution >= 4 is 34.2 Å². The molecule has 1 saturated heterocycles. The highest BCUT2D eigenvalue weighted by atomic mass is 19.4. The van der Waals surface area contributed by atoms with E-state index in [9.17, 15) is 37.1 Å². The fourth-order valence-corrected chi connectivity index (χ4v) is 3.16. The van der Waals surface area contributed by atoms with E-state index in [1.807, 2.05) is 0 Å². The van der Waals surface area contributed by atoms with Crippen LogP contribution >= 0.6 is 0 Å². The van der Waals surface area contributed by atoms with E-state index < -0.39 is 60.6 Å². The SMILES string of the molecule is O=C(CNC(=O)C1CC(=O)N(CC(F)(F)F)C1)Nc1cccc2c(=O)[nH][nH]c(=O)c12. The molecule has 0 bridgehead atoms. The molecule has 0 saturated carbocycles. The fraction of sp³-hybridized carbons (Fsp3) is 0.353. The zero-order chi connectivity index (χ0) is 22.1. The molecule has 4 N–H and O–H groups in total. The smallest absolute Gasteiger partial charge is 0.347 e. The molecule has 10 nitrogen and oxygen atoms in total. The molecule has 1 fully saturated rings. The number of aromatic nitrogens is 2. The van der Waals surface area contributed by atoms with E-state index >= 15 is 0 Å². The Morgan fingerprint density at radius 2 is 1.83 bits per heavy atom. The molecule has 160 valence electrons. The van der Waals surface area contributed by atoms with E-state index in [1.165, 1.54) is 18.2 Å². The highest BCUT2D eigenvalue weighted by molar-refractivity contribution is 6.03. The van der Waals surface area contributed by atoms with E-state index in [0.29, 0.717) is 4.90 Å². The summed E-state index contributed by atoms with van der Waals surface area (Å²) in [5.41, 5.74) is -1.16. The van der Waals surface area contributed by atoms with Crippen molar-refractivity contribution in [1.29, 1.82) is 0 Å². The minimum absolute atomic E-state index is 0.0477. The summed E-state index contributed by atoms with van der Waals surface area (Å²) in [6, 6.07) is 4.23. The zero-order valence-corrected chi connectivity index (χ0v) is 15.3. The number of nitrogens with one attached hydrogen (secondary N) is 4. The van der Waals surface area contributed by atoms with Gasteiger partial charge in [-0.2, -0.15) is 13.2 Å². The third-order valence-electron chi connectivity index (χ3n) is 4.48. The molecule has 1 aliphatic heterocycles. The summed E-state index contributed by atoms with van der Waals surface area (Å²) < 4.78 is 37.3. The number of aromatic amines is 2. The van der Waals surface area contributed by atoms with Gasteiger partial charge in [0.2, 0.25) is 17.7 Å². The molecule has 0 radical (unpaired) electrons. The Hall–Kier alpha value is -3.64. The number of nitrogens with zero attached hydrogens (tertiary/aromatic N) is 1. The number of likely N-dealkylation sites (tertiary alicyclic amines) is 1. The van der Waals surface area contributed by atoms with Crippen LogP contribution in [0.4, 0.5) is 18.9 Å². The largest absolute Gasteiger partial charge is 0.406 e. The lowest BCUT2D eigenvalue weighted by molar-refractivity contribution is -0.157. The summed E-state index contributed by atoms with van der Waals surface area (Å²) in [4.78, 5) is 60.2. The number of alkyl halides is 3. The van der Waals surface area contributed by atoms with E-state index in [0.717, 1.165) is 0 Å². The van der Waals surface area contributed by atoms with Crippen LogP contribution in [0.5, 0.6) is 0 Å². The number of amides is 3. The van der Waals surface area contributed by atoms with Gasteiger partial charge in [0.25, 0.3) is 11.1 Å². The predicted octanol–water partition coefficient (Wildman–Crippen LogP) is -0.318. The maximum Gasteiger partial charge on any atom is 0.406 e. The van der Waals surface area contributed by atoms with Crippen LogP contribution in [0.1, 0.15) is 6.42 Å². The number of hydrogen-bond donors (Lipinski definition) is 4. The van der Waals surface area contributed by atoms with Gasteiger partial charge < -0.3 is 15.5 Å². The minimum Gasteiger partial charge on any atom is -0.347 e. The van der Waals surface area contributed by atoms with Crippen LogP contribution in [0, 0.1) is 5.92 Å². The van der Waals surface area contributed by atoms with Crippen LogP contribution in [0.2, 0.25) is 0 Å². The molecule has 13 heteroatoms. The first kappa shape index (κ1) is 21.1. The molecular weight excluding hydrogens is 411 g/mol. The van der Waals surface area contributed by atoms with Gasteiger partial charge in [-0.25, -0.2) is 0 Å². The van der Waals surface area contributed by atoms with Gasteiger partial charge in [-0.1, -0.05) is 6.07 Å². The number of carbonyl (C=O) groups excluding carboxylic acids is 3. The number of carbonyl (C=O) groups is 3. The van der Waals surface area contributed by atoms with Crippen LogP contribution in [-0.4, -0.2) is 58.6 Å². The second-order valence-electron chi connectivity index (χ2n) is 6.69. The topological polar surface area (TPSA) is 144 Å². The van der Waals surface area contributed by atoms with Crippen molar-refractivity contribution in [3.63, 3.8) is 0 Å². The van der Waals surface area contributed by atoms with Gasteiger partial charge in [-0.15, -0.1) is 0 Å². The Labute approximate surface area is 165 Å². The lowest BCUT2D eigenvalue weighted by Crippen LogP contribution is -2.39. The van der Waals surface area contributed by atoms with E-state index in [4.69, 9.17) is 0 Å². The van der Waals surface area contributed by atoms with Crippen molar-refractivity contribution in [3.05, 3.63) is 38.9 Å². The molecule has 3 rings (SSSR count). The molecule has 0 aliphatic carbocycles. The van der Waals surface area contributed by atoms with Gasteiger partial charge in [0.05, 0.1) is 28.9 Å².